The standard InChI is InChI=1S/C13H13Br3S2/c1-13(2,3)10-5-4-8(17-10)11(15)9-6-7(14)12(16)18-9/h4-6,11H,1-3H3. The first-order valence-corrected chi connectivity index (χ1v) is 9.61. The van der Waals surface area contributed by atoms with E-state index in [0.29, 0.717) is 0 Å². The van der Waals surface area contributed by atoms with Crippen LogP contribution in [0.3, 0.4) is 0 Å². The lowest BCUT2D eigenvalue weighted by Crippen LogP contribution is -2.07. The largest absolute Gasteiger partial charge is 0.143 e. The van der Waals surface area contributed by atoms with E-state index in [4.69, 9.17) is 0 Å². The summed E-state index contributed by atoms with van der Waals surface area (Å²) in [4.78, 5) is 4.39. The minimum atomic E-state index is 0.228. The Hall–Kier alpha value is 0.840. The van der Waals surface area contributed by atoms with Gasteiger partial charge in [0.25, 0.3) is 0 Å². The molecule has 18 heavy (non-hydrogen) atoms. The lowest BCUT2D eigenvalue weighted by molar-refractivity contribution is 0.604. The summed E-state index contributed by atoms with van der Waals surface area (Å²) in [7, 11) is 0. The second-order valence-electron chi connectivity index (χ2n) is 5.08. The van der Waals surface area contributed by atoms with Gasteiger partial charge in [-0.05, 0) is 55.5 Å². The number of thiophene rings is 2. The number of alkyl halides is 1. The molecule has 2 aromatic rings. The summed E-state index contributed by atoms with van der Waals surface area (Å²) in [6.45, 7) is 6.76. The summed E-state index contributed by atoms with van der Waals surface area (Å²) in [5.74, 6) is 0. The molecule has 2 heterocycles. The van der Waals surface area contributed by atoms with E-state index in [1.165, 1.54) is 14.6 Å². The van der Waals surface area contributed by atoms with E-state index in [1.807, 2.05) is 11.3 Å². The van der Waals surface area contributed by atoms with Crippen LogP contribution in [-0.4, -0.2) is 0 Å². The second-order valence-corrected chi connectivity index (χ2v) is 10.4. The number of hydrogen-bond acceptors (Lipinski definition) is 2. The molecule has 2 rings (SSSR count). The molecule has 0 saturated heterocycles. The third kappa shape index (κ3) is 3.29. The minimum absolute atomic E-state index is 0.228. The highest BCUT2D eigenvalue weighted by Gasteiger charge is 2.21. The molecule has 1 atom stereocenters. The predicted molar refractivity (Wildman–Crippen MR) is 93.5 cm³/mol. The zero-order chi connectivity index (χ0) is 13.5. The van der Waals surface area contributed by atoms with Crippen LogP contribution >= 0.6 is 70.5 Å². The molecule has 0 radical (unpaired) electrons. The highest BCUT2D eigenvalue weighted by Crippen LogP contribution is 2.44. The van der Waals surface area contributed by atoms with Crippen LogP contribution in [0.4, 0.5) is 0 Å². The summed E-state index contributed by atoms with van der Waals surface area (Å²) in [6, 6.07) is 6.64. The quantitative estimate of drug-likeness (QED) is 0.408. The van der Waals surface area contributed by atoms with Crippen LogP contribution in [0.1, 0.15) is 40.2 Å². The van der Waals surface area contributed by atoms with Gasteiger partial charge in [0, 0.05) is 19.1 Å². The predicted octanol–water partition coefficient (Wildman–Crippen LogP) is 7.12. The first-order valence-electron chi connectivity index (χ1n) is 5.48. The van der Waals surface area contributed by atoms with Crippen molar-refractivity contribution >= 4 is 70.5 Å². The maximum atomic E-state index is 3.80. The van der Waals surface area contributed by atoms with E-state index in [0.717, 1.165) is 8.26 Å². The molecular weight excluding hydrogens is 460 g/mol. The number of rotatable bonds is 2. The molecular formula is C13H13Br3S2. The van der Waals surface area contributed by atoms with E-state index in [2.05, 4.69) is 86.8 Å². The first kappa shape index (κ1) is 15.2. The molecule has 5 heteroatoms. The molecule has 0 aliphatic heterocycles. The smallest absolute Gasteiger partial charge is 0.0843 e. The van der Waals surface area contributed by atoms with Gasteiger partial charge in [0.15, 0.2) is 0 Å². The Morgan fingerprint density at radius 2 is 1.72 bits per heavy atom. The van der Waals surface area contributed by atoms with Gasteiger partial charge in [-0.15, -0.1) is 22.7 Å². The van der Waals surface area contributed by atoms with E-state index >= 15 is 0 Å². The Kier molecular flexibility index (Phi) is 4.81. The van der Waals surface area contributed by atoms with Crippen LogP contribution in [0.5, 0.6) is 0 Å². The third-order valence-electron chi connectivity index (χ3n) is 2.53. The lowest BCUT2D eigenvalue weighted by atomic mass is 9.95. The number of hydrogen-bond donors (Lipinski definition) is 0. The van der Waals surface area contributed by atoms with Gasteiger partial charge in [0.2, 0.25) is 0 Å². The highest BCUT2D eigenvalue weighted by molar-refractivity contribution is 9.13. The van der Waals surface area contributed by atoms with Gasteiger partial charge >= 0.3 is 0 Å². The van der Waals surface area contributed by atoms with Gasteiger partial charge in [0.1, 0.15) is 0 Å². The fourth-order valence-electron chi connectivity index (χ4n) is 1.52. The molecule has 0 bridgehead atoms. The normalized spacial score (nSPS) is 13.9. The van der Waals surface area contributed by atoms with Gasteiger partial charge in [0.05, 0.1) is 8.61 Å². The molecule has 0 aliphatic rings. The van der Waals surface area contributed by atoms with Crippen molar-refractivity contribution in [1.82, 2.24) is 0 Å². The Labute approximate surface area is 141 Å². The molecule has 0 aromatic carbocycles. The van der Waals surface area contributed by atoms with E-state index in [1.54, 1.807) is 11.3 Å². The monoisotopic (exact) mass is 470 g/mol. The zero-order valence-electron chi connectivity index (χ0n) is 10.3. The molecule has 2 aromatic heterocycles. The summed E-state index contributed by atoms with van der Waals surface area (Å²) >= 11 is 14.5. The summed E-state index contributed by atoms with van der Waals surface area (Å²) < 4.78 is 2.27. The van der Waals surface area contributed by atoms with E-state index in [9.17, 15) is 0 Å². The van der Waals surface area contributed by atoms with Gasteiger partial charge in [-0.2, -0.15) is 0 Å². The second kappa shape index (κ2) is 5.68. The Bertz CT molecular complexity index is 529. The van der Waals surface area contributed by atoms with Gasteiger partial charge in [-0.25, -0.2) is 0 Å². The molecule has 0 amide bonds. The summed E-state index contributed by atoms with van der Waals surface area (Å²) in [5, 5.41) is 0. The first-order chi connectivity index (χ1) is 8.29. The van der Waals surface area contributed by atoms with Gasteiger partial charge in [-0.1, -0.05) is 36.7 Å². The zero-order valence-corrected chi connectivity index (χ0v) is 16.7. The Morgan fingerprint density at radius 3 is 2.17 bits per heavy atom. The van der Waals surface area contributed by atoms with E-state index in [-0.39, 0.29) is 10.2 Å². The van der Waals surface area contributed by atoms with Crippen molar-refractivity contribution in [2.24, 2.45) is 0 Å². The highest BCUT2D eigenvalue weighted by atomic mass is 79.9. The van der Waals surface area contributed by atoms with Crippen LogP contribution in [-0.2, 0) is 5.41 Å². The fraction of sp³-hybridized carbons (Fsp3) is 0.385. The van der Waals surface area contributed by atoms with Crippen LogP contribution in [0.25, 0.3) is 0 Å². The maximum absolute atomic E-state index is 3.80. The van der Waals surface area contributed by atoms with E-state index < -0.39 is 0 Å². The Morgan fingerprint density at radius 1 is 1.06 bits per heavy atom. The van der Waals surface area contributed by atoms with Crippen LogP contribution in [0.2, 0.25) is 0 Å². The van der Waals surface area contributed by atoms with Crippen molar-refractivity contribution in [3.05, 3.63) is 41.1 Å². The van der Waals surface area contributed by atoms with Crippen LogP contribution < -0.4 is 0 Å². The van der Waals surface area contributed by atoms with Crippen molar-refractivity contribution in [2.45, 2.75) is 31.0 Å². The third-order valence-corrected chi connectivity index (χ3v) is 9.02. The van der Waals surface area contributed by atoms with Crippen molar-refractivity contribution in [2.75, 3.05) is 0 Å². The molecule has 0 spiro atoms. The van der Waals surface area contributed by atoms with Gasteiger partial charge in [-0.3, -0.25) is 0 Å². The SMILES string of the molecule is CC(C)(C)c1ccc(C(Br)c2cc(Br)c(Br)s2)s1. The van der Waals surface area contributed by atoms with Crippen LogP contribution in [0.15, 0.2) is 26.5 Å². The maximum Gasteiger partial charge on any atom is 0.0843 e. The average molecular weight is 473 g/mol. The van der Waals surface area contributed by atoms with Gasteiger partial charge < -0.3 is 0 Å². The summed E-state index contributed by atoms with van der Waals surface area (Å²) in [5.41, 5.74) is 0.228. The molecule has 0 N–H and O–H groups in total. The minimum Gasteiger partial charge on any atom is -0.143 e. The Balaban J connectivity index is 2.29. The molecule has 0 fully saturated rings. The number of halogens is 3. The molecule has 1 unspecified atom stereocenters. The van der Waals surface area contributed by atoms with Crippen molar-refractivity contribution < 1.29 is 0 Å². The van der Waals surface area contributed by atoms with Crippen LogP contribution in [0, 0.1) is 0 Å². The molecule has 98 valence electrons. The van der Waals surface area contributed by atoms with Crippen molar-refractivity contribution in [3.63, 3.8) is 0 Å². The average Bonchev–Trinajstić information content (AvgIpc) is 2.85. The van der Waals surface area contributed by atoms with Crippen molar-refractivity contribution in [1.29, 1.82) is 0 Å². The topological polar surface area (TPSA) is 0 Å². The molecule has 0 nitrogen and oxygen atoms in total. The fourth-order valence-corrected chi connectivity index (χ4v) is 5.59. The summed E-state index contributed by atoms with van der Waals surface area (Å²) in [6.07, 6.45) is 0. The molecule has 0 saturated carbocycles. The molecule has 0 aliphatic carbocycles. The van der Waals surface area contributed by atoms with Crippen molar-refractivity contribution in [3.8, 4) is 0 Å². The lowest BCUT2D eigenvalue weighted by Gasteiger charge is -2.15.